The van der Waals surface area contributed by atoms with Crippen LogP contribution in [0.4, 0.5) is 14.6 Å². The van der Waals surface area contributed by atoms with Gasteiger partial charge in [-0.25, -0.2) is 14.8 Å². The number of alkyl halides is 2. The predicted molar refractivity (Wildman–Crippen MR) is 124 cm³/mol. The molecule has 0 fully saturated rings. The number of carbonyl (C=O) groups excluding carboxylic acids is 1. The third-order valence-electron chi connectivity index (χ3n) is 4.92. The zero-order valence-corrected chi connectivity index (χ0v) is 20.2. The van der Waals surface area contributed by atoms with Crippen molar-refractivity contribution >= 4 is 38.6 Å². The van der Waals surface area contributed by atoms with Gasteiger partial charge in [-0.1, -0.05) is 18.2 Å². The van der Waals surface area contributed by atoms with E-state index in [1.165, 1.54) is 26.4 Å². The molecule has 3 rings (SSSR count). The Hall–Kier alpha value is -2.85. The Morgan fingerprint density at radius 3 is 2.64 bits per heavy atom. The molecule has 1 N–H and O–H groups in total. The van der Waals surface area contributed by atoms with Crippen molar-refractivity contribution in [1.29, 1.82) is 0 Å². The van der Waals surface area contributed by atoms with Crippen molar-refractivity contribution in [3.63, 3.8) is 0 Å². The van der Waals surface area contributed by atoms with Crippen LogP contribution in [0.15, 0.2) is 40.9 Å². The molecule has 0 radical (unpaired) electrons. The first-order chi connectivity index (χ1) is 15.7. The van der Waals surface area contributed by atoms with Crippen LogP contribution in [0, 0.1) is 0 Å². The number of nitrogens with one attached hydrogen (secondary N) is 1. The molecule has 7 nitrogen and oxygen atoms in total. The fourth-order valence-electron chi connectivity index (χ4n) is 3.27. The van der Waals surface area contributed by atoms with E-state index in [4.69, 9.17) is 9.47 Å². The number of nitrogens with zero attached hydrogens (tertiary/aromatic N) is 2. The van der Waals surface area contributed by atoms with E-state index in [1.54, 1.807) is 31.2 Å². The molecule has 0 saturated carbocycles. The van der Waals surface area contributed by atoms with Gasteiger partial charge in [0.25, 0.3) is 5.92 Å². The van der Waals surface area contributed by atoms with Gasteiger partial charge >= 0.3 is 5.97 Å². The summed E-state index contributed by atoms with van der Waals surface area (Å²) in [5.74, 6) is -3.03. The number of esters is 1. The maximum Gasteiger partial charge on any atom is 0.376 e. The minimum atomic E-state index is -3.12. The Labute approximate surface area is 198 Å². The van der Waals surface area contributed by atoms with E-state index >= 15 is 0 Å². The maximum atomic E-state index is 14.3. The van der Waals surface area contributed by atoms with Gasteiger partial charge in [0.2, 0.25) is 5.82 Å². The van der Waals surface area contributed by atoms with Gasteiger partial charge in [0.1, 0.15) is 18.2 Å². The van der Waals surface area contributed by atoms with Crippen LogP contribution < -0.4 is 10.1 Å². The number of aromatic nitrogens is 2. The van der Waals surface area contributed by atoms with Crippen LogP contribution in [0.1, 0.15) is 41.6 Å². The van der Waals surface area contributed by atoms with Gasteiger partial charge in [-0.2, -0.15) is 8.78 Å². The summed E-state index contributed by atoms with van der Waals surface area (Å²) in [6.07, 6.45) is 0. The Morgan fingerprint density at radius 2 is 1.97 bits per heavy atom. The van der Waals surface area contributed by atoms with Crippen LogP contribution in [0.3, 0.4) is 0 Å². The highest BCUT2D eigenvalue weighted by molar-refractivity contribution is 9.10. The van der Waals surface area contributed by atoms with Crippen LogP contribution >= 0.6 is 15.9 Å². The number of methoxy groups -OCH3 is 2. The molecule has 176 valence electrons. The van der Waals surface area contributed by atoms with Crippen molar-refractivity contribution in [2.75, 3.05) is 32.8 Å². The van der Waals surface area contributed by atoms with E-state index in [2.05, 4.69) is 36.0 Å². The van der Waals surface area contributed by atoms with E-state index in [9.17, 15) is 13.6 Å². The molecule has 0 aliphatic carbocycles. The van der Waals surface area contributed by atoms with E-state index in [1.807, 2.05) is 6.92 Å². The van der Waals surface area contributed by atoms with Crippen molar-refractivity contribution in [2.24, 2.45) is 0 Å². The smallest absolute Gasteiger partial charge is 0.376 e. The number of anilines is 1. The minimum Gasteiger partial charge on any atom is -0.495 e. The second-order valence-electron chi connectivity index (χ2n) is 7.25. The Balaban J connectivity index is 2.04. The summed E-state index contributed by atoms with van der Waals surface area (Å²) in [6.45, 7) is 2.95. The number of halogens is 3. The molecule has 33 heavy (non-hydrogen) atoms. The van der Waals surface area contributed by atoms with E-state index in [0.29, 0.717) is 32.5 Å². The fraction of sp³-hybridized carbons (Fsp3) is 0.348. The first kappa shape index (κ1) is 24.8. The molecule has 0 aliphatic heterocycles. The lowest BCUT2D eigenvalue weighted by molar-refractivity contribution is -0.0698. The van der Waals surface area contributed by atoms with Crippen LogP contribution in [0.2, 0.25) is 0 Å². The second-order valence-corrected chi connectivity index (χ2v) is 8.10. The largest absolute Gasteiger partial charge is 0.495 e. The number of rotatable bonds is 9. The van der Waals surface area contributed by atoms with E-state index in [-0.39, 0.29) is 18.0 Å². The molecule has 1 aromatic heterocycles. The lowest BCUT2D eigenvalue weighted by Gasteiger charge is -2.20. The highest BCUT2D eigenvalue weighted by Crippen LogP contribution is 2.34. The van der Waals surface area contributed by atoms with Gasteiger partial charge in [0.05, 0.1) is 23.7 Å². The van der Waals surface area contributed by atoms with Crippen molar-refractivity contribution in [3.05, 3.63) is 57.8 Å². The molecule has 0 amide bonds. The van der Waals surface area contributed by atoms with Crippen LogP contribution in [0.25, 0.3) is 10.9 Å². The van der Waals surface area contributed by atoms with Crippen LogP contribution in [-0.4, -0.2) is 43.4 Å². The molecule has 1 heterocycles. The summed E-state index contributed by atoms with van der Waals surface area (Å²) in [5.41, 5.74) is 0.922. The zero-order valence-electron chi connectivity index (χ0n) is 18.6. The van der Waals surface area contributed by atoms with Crippen molar-refractivity contribution in [2.45, 2.75) is 25.8 Å². The van der Waals surface area contributed by atoms with Gasteiger partial charge in [-0.3, -0.25) is 0 Å². The minimum absolute atomic E-state index is 0.121. The summed E-state index contributed by atoms with van der Waals surface area (Å²) < 4.78 is 44.4. The molecule has 2 aromatic carbocycles. The second kappa shape index (κ2) is 10.4. The van der Waals surface area contributed by atoms with Crippen molar-refractivity contribution < 1.29 is 27.8 Å². The van der Waals surface area contributed by atoms with Gasteiger partial charge in [0, 0.05) is 30.2 Å². The molecule has 0 saturated heterocycles. The van der Waals surface area contributed by atoms with Gasteiger partial charge < -0.3 is 19.5 Å². The molecule has 0 bridgehead atoms. The highest BCUT2D eigenvalue weighted by atomic mass is 79.9. The predicted octanol–water partition coefficient (Wildman–Crippen LogP) is 5.49. The number of benzene rings is 2. The lowest BCUT2D eigenvalue weighted by atomic mass is 10.0. The topological polar surface area (TPSA) is 82.6 Å². The molecule has 0 spiro atoms. The summed E-state index contributed by atoms with van der Waals surface area (Å²) >= 11 is 3.45. The average molecular weight is 524 g/mol. The standard InChI is InChI=1S/C23H24BrF2N3O4/c1-5-33-22(30)21-28-18-11-19(32-4)17(24)10-16(18)20(29-21)27-13(2)14-7-6-8-15(9-14)23(25,26)12-31-3/h6-11,13H,5,12H2,1-4H3,(H,27,28,29)/t13-/m1/s1. The van der Waals surface area contributed by atoms with Gasteiger partial charge in [0.15, 0.2) is 0 Å². The number of fused-ring (bicyclic) bond motifs is 1. The van der Waals surface area contributed by atoms with Gasteiger partial charge in [-0.15, -0.1) is 0 Å². The molecule has 0 aliphatic rings. The molecule has 0 unspecified atom stereocenters. The third kappa shape index (κ3) is 5.56. The Morgan fingerprint density at radius 1 is 1.21 bits per heavy atom. The Kier molecular flexibility index (Phi) is 7.80. The SMILES string of the molecule is CCOC(=O)c1nc(N[C@H](C)c2cccc(C(F)(F)COC)c2)c2cc(Br)c(OC)cc2n1. The normalized spacial score (nSPS) is 12.5. The summed E-state index contributed by atoms with van der Waals surface area (Å²) in [4.78, 5) is 21.0. The molecule has 3 aromatic rings. The summed E-state index contributed by atoms with van der Waals surface area (Å²) in [5, 5.41) is 3.83. The first-order valence-corrected chi connectivity index (χ1v) is 11.0. The molecular formula is C23H24BrF2N3O4. The highest BCUT2D eigenvalue weighted by Gasteiger charge is 2.32. The molecule has 1 atom stereocenters. The molecular weight excluding hydrogens is 500 g/mol. The van der Waals surface area contributed by atoms with Crippen LogP contribution in [-0.2, 0) is 15.4 Å². The number of ether oxygens (including phenoxy) is 3. The Bertz CT molecular complexity index is 1160. The quantitative estimate of drug-likeness (QED) is 0.371. The average Bonchev–Trinajstić information content (AvgIpc) is 2.79. The van der Waals surface area contributed by atoms with Gasteiger partial charge in [-0.05, 0) is 47.5 Å². The fourth-order valence-corrected chi connectivity index (χ4v) is 3.78. The number of carbonyl (C=O) groups is 1. The third-order valence-corrected chi connectivity index (χ3v) is 5.53. The zero-order chi connectivity index (χ0) is 24.2. The van der Waals surface area contributed by atoms with E-state index < -0.39 is 24.5 Å². The lowest BCUT2D eigenvalue weighted by Crippen LogP contribution is -2.21. The van der Waals surface area contributed by atoms with Crippen molar-refractivity contribution in [3.8, 4) is 5.75 Å². The first-order valence-electron chi connectivity index (χ1n) is 10.2. The monoisotopic (exact) mass is 523 g/mol. The summed E-state index contributed by atoms with van der Waals surface area (Å²) in [6, 6.07) is 9.10. The summed E-state index contributed by atoms with van der Waals surface area (Å²) in [7, 11) is 2.75. The number of hydrogen-bond donors (Lipinski definition) is 1. The van der Waals surface area contributed by atoms with E-state index in [0.717, 1.165) is 0 Å². The van der Waals surface area contributed by atoms with Crippen LogP contribution in [0.5, 0.6) is 5.75 Å². The molecule has 10 heteroatoms. The number of hydrogen-bond acceptors (Lipinski definition) is 7. The van der Waals surface area contributed by atoms with Crippen molar-refractivity contribution in [1.82, 2.24) is 9.97 Å². The maximum absolute atomic E-state index is 14.3.